The third-order valence-electron chi connectivity index (χ3n) is 3.09. The lowest BCUT2D eigenvalue weighted by atomic mass is 10.2. The van der Waals surface area contributed by atoms with E-state index in [4.69, 9.17) is 4.74 Å². The quantitative estimate of drug-likeness (QED) is 0.805. The van der Waals surface area contributed by atoms with Crippen LogP contribution in [0, 0.1) is 13.8 Å². The number of aromatic nitrogens is 2. The number of carbonyl (C=O) groups excluding carboxylic acids is 1. The number of ether oxygens (including phenoxy) is 2. The Morgan fingerprint density at radius 1 is 1.22 bits per heavy atom. The number of hydrogen-bond acceptors (Lipinski definition) is 4. The van der Waals surface area contributed by atoms with Crippen LogP contribution in [0.1, 0.15) is 28.7 Å². The normalized spacial score (nSPS) is 11.4. The molecule has 2 rings (SSSR count). The van der Waals surface area contributed by atoms with Crippen molar-refractivity contribution in [1.82, 2.24) is 9.78 Å². The zero-order valence-corrected chi connectivity index (χ0v) is 12.8. The molecule has 0 amide bonds. The molecule has 5 nitrogen and oxygen atoms in total. The lowest BCUT2D eigenvalue weighted by Crippen LogP contribution is -2.17. The molecule has 2 aromatic rings. The molecule has 0 fully saturated rings. The van der Waals surface area contributed by atoms with E-state index < -0.39 is 12.3 Å². The van der Waals surface area contributed by atoms with Gasteiger partial charge in [0.25, 0.3) is 0 Å². The highest BCUT2D eigenvalue weighted by Gasteiger charge is 2.31. The van der Waals surface area contributed by atoms with Crippen LogP contribution < -0.4 is 4.74 Å². The monoisotopic (exact) mass is 328 g/mol. The summed E-state index contributed by atoms with van der Waals surface area (Å²) < 4.78 is 46.7. The Bertz CT molecular complexity index is 706. The number of esters is 1. The molecule has 0 aliphatic heterocycles. The van der Waals surface area contributed by atoms with E-state index in [0.717, 1.165) is 0 Å². The van der Waals surface area contributed by atoms with Crippen molar-refractivity contribution >= 4 is 5.97 Å². The number of nitrogens with zero attached hydrogens (tertiary/aromatic N) is 2. The zero-order valence-electron chi connectivity index (χ0n) is 12.8. The predicted molar refractivity (Wildman–Crippen MR) is 75.7 cm³/mol. The number of alkyl halides is 3. The van der Waals surface area contributed by atoms with E-state index in [-0.39, 0.29) is 12.4 Å². The molecule has 23 heavy (non-hydrogen) atoms. The SMILES string of the molecule is CCOC(=O)c1c(C)nn(-c2ccc(OC(F)(F)F)cc2)c1C. The van der Waals surface area contributed by atoms with Crippen LogP contribution in [-0.2, 0) is 4.74 Å². The summed E-state index contributed by atoms with van der Waals surface area (Å²) in [5.41, 5.74) is 1.89. The summed E-state index contributed by atoms with van der Waals surface area (Å²) in [4.78, 5) is 11.9. The summed E-state index contributed by atoms with van der Waals surface area (Å²) in [6.07, 6.45) is -4.74. The fourth-order valence-electron chi connectivity index (χ4n) is 2.18. The summed E-state index contributed by atoms with van der Waals surface area (Å²) in [7, 11) is 0. The van der Waals surface area contributed by atoms with Crippen LogP contribution in [0.15, 0.2) is 24.3 Å². The molecule has 8 heteroatoms. The molecule has 0 spiro atoms. The van der Waals surface area contributed by atoms with Gasteiger partial charge in [-0.15, -0.1) is 13.2 Å². The van der Waals surface area contributed by atoms with Gasteiger partial charge in [0.1, 0.15) is 11.3 Å². The lowest BCUT2D eigenvalue weighted by Gasteiger charge is -2.10. The number of halogens is 3. The van der Waals surface area contributed by atoms with Crippen molar-refractivity contribution in [2.45, 2.75) is 27.1 Å². The van der Waals surface area contributed by atoms with Gasteiger partial charge in [-0.1, -0.05) is 0 Å². The molecule has 124 valence electrons. The molecule has 0 atom stereocenters. The maximum Gasteiger partial charge on any atom is 0.573 e. The average Bonchev–Trinajstić information content (AvgIpc) is 2.73. The Hall–Kier alpha value is -2.51. The summed E-state index contributed by atoms with van der Waals surface area (Å²) in [5.74, 6) is -0.806. The van der Waals surface area contributed by atoms with Gasteiger partial charge in [0.2, 0.25) is 0 Å². The van der Waals surface area contributed by atoms with Crippen LogP contribution in [0.4, 0.5) is 13.2 Å². The first kappa shape index (κ1) is 16.9. The second-order valence-corrected chi connectivity index (χ2v) is 4.72. The molecule has 0 aliphatic carbocycles. The largest absolute Gasteiger partial charge is 0.573 e. The minimum absolute atomic E-state index is 0.242. The number of benzene rings is 1. The standard InChI is InChI=1S/C15H15F3N2O3/c1-4-22-14(21)13-9(2)19-20(10(13)3)11-5-7-12(8-6-11)23-15(16,17)18/h5-8H,4H2,1-3H3. The van der Waals surface area contributed by atoms with Crippen molar-refractivity contribution in [1.29, 1.82) is 0 Å². The summed E-state index contributed by atoms with van der Waals surface area (Å²) >= 11 is 0. The minimum Gasteiger partial charge on any atom is -0.462 e. The smallest absolute Gasteiger partial charge is 0.462 e. The highest BCUT2D eigenvalue weighted by Crippen LogP contribution is 2.25. The van der Waals surface area contributed by atoms with E-state index in [1.165, 1.54) is 28.9 Å². The van der Waals surface area contributed by atoms with Crippen LogP contribution in [0.3, 0.4) is 0 Å². The van der Waals surface area contributed by atoms with E-state index in [1.807, 2.05) is 0 Å². The van der Waals surface area contributed by atoms with Crippen LogP contribution in [-0.4, -0.2) is 28.7 Å². The summed E-state index contributed by atoms with van der Waals surface area (Å²) in [5, 5.41) is 4.24. The Morgan fingerprint density at radius 2 is 1.83 bits per heavy atom. The number of hydrogen-bond donors (Lipinski definition) is 0. The van der Waals surface area contributed by atoms with Gasteiger partial charge in [-0.3, -0.25) is 0 Å². The molecule has 0 saturated carbocycles. The third kappa shape index (κ3) is 3.82. The Labute approximate surface area is 130 Å². The van der Waals surface area contributed by atoms with Crippen LogP contribution in [0.2, 0.25) is 0 Å². The van der Waals surface area contributed by atoms with Gasteiger partial charge in [0.15, 0.2) is 0 Å². The molecule has 0 radical (unpaired) electrons. The van der Waals surface area contributed by atoms with Gasteiger partial charge in [-0.25, -0.2) is 9.48 Å². The van der Waals surface area contributed by atoms with Gasteiger partial charge < -0.3 is 9.47 Å². The zero-order chi connectivity index (χ0) is 17.2. The van der Waals surface area contributed by atoms with Gasteiger partial charge >= 0.3 is 12.3 Å². The molecule has 1 aromatic heterocycles. The van der Waals surface area contributed by atoms with Crippen molar-refractivity contribution in [2.24, 2.45) is 0 Å². The highest BCUT2D eigenvalue weighted by molar-refractivity contribution is 5.92. The molecule has 0 saturated heterocycles. The summed E-state index contributed by atoms with van der Waals surface area (Å²) in [6, 6.07) is 5.22. The van der Waals surface area contributed by atoms with Crippen LogP contribution >= 0.6 is 0 Å². The predicted octanol–water partition coefficient (Wildman–Crippen LogP) is 3.56. The molecular formula is C15H15F3N2O3. The van der Waals surface area contributed by atoms with Crippen LogP contribution in [0.5, 0.6) is 5.75 Å². The third-order valence-corrected chi connectivity index (χ3v) is 3.09. The fraction of sp³-hybridized carbons (Fsp3) is 0.333. The van der Waals surface area contributed by atoms with Crippen molar-refractivity contribution in [3.05, 3.63) is 41.2 Å². The van der Waals surface area contributed by atoms with Crippen LogP contribution in [0.25, 0.3) is 5.69 Å². The second-order valence-electron chi connectivity index (χ2n) is 4.72. The Balaban J connectivity index is 2.32. The first-order chi connectivity index (χ1) is 10.7. The van der Waals surface area contributed by atoms with E-state index in [1.54, 1.807) is 20.8 Å². The fourth-order valence-corrected chi connectivity index (χ4v) is 2.18. The molecule has 0 bridgehead atoms. The molecule has 0 unspecified atom stereocenters. The first-order valence-corrected chi connectivity index (χ1v) is 6.82. The Morgan fingerprint density at radius 3 is 2.35 bits per heavy atom. The van der Waals surface area contributed by atoms with Crippen molar-refractivity contribution < 1.29 is 27.4 Å². The van der Waals surface area contributed by atoms with Crippen molar-refractivity contribution in [2.75, 3.05) is 6.61 Å². The highest BCUT2D eigenvalue weighted by atomic mass is 19.4. The molecular weight excluding hydrogens is 313 g/mol. The lowest BCUT2D eigenvalue weighted by molar-refractivity contribution is -0.274. The number of aryl methyl sites for hydroxylation is 1. The number of rotatable bonds is 4. The average molecular weight is 328 g/mol. The van der Waals surface area contributed by atoms with Gasteiger partial charge in [-0.2, -0.15) is 5.10 Å². The second kappa shape index (κ2) is 6.31. The first-order valence-electron chi connectivity index (χ1n) is 6.82. The topological polar surface area (TPSA) is 53.3 Å². The Kier molecular flexibility index (Phi) is 4.63. The van der Waals surface area contributed by atoms with E-state index in [2.05, 4.69) is 9.84 Å². The van der Waals surface area contributed by atoms with E-state index in [0.29, 0.717) is 22.6 Å². The van der Waals surface area contributed by atoms with Crippen molar-refractivity contribution in [3.63, 3.8) is 0 Å². The maximum absolute atomic E-state index is 12.2. The molecule has 0 N–H and O–H groups in total. The maximum atomic E-state index is 12.2. The van der Waals surface area contributed by atoms with Gasteiger partial charge in [-0.05, 0) is 45.0 Å². The van der Waals surface area contributed by atoms with Crippen molar-refractivity contribution in [3.8, 4) is 11.4 Å². The van der Waals surface area contributed by atoms with E-state index in [9.17, 15) is 18.0 Å². The molecule has 1 aromatic carbocycles. The minimum atomic E-state index is -4.74. The molecule has 1 heterocycles. The van der Waals surface area contributed by atoms with Gasteiger partial charge in [0.05, 0.1) is 23.7 Å². The van der Waals surface area contributed by atoms with Gasteiger partial charge in [0, 0.05) is 0 Å². The number of carbonyl (C=O) groups is 1. The van der Waals surface area contributed by atoms with E-state index >= 15 is 0 Å². The molecule has 0 aliphatic rings. The summed E-state index contributed by atoms with van der Waals surface area (Å²) in [6.45, 7) is 5.29.